The number of benzene rings is 2. The summed E-state index contributed by atoms with van der Waals surface area (Å²) in [5, 5.41) is 3.25. The number of para-hydroxylation sites is 2. The number of anilines is 1. The van der Waals surface area contributed by atoms with E-state index < -0.39 is 0 Å². The lowest BCUT2D eigenvalue weighted by atomic mass is 9.99. The second-order valence-electron chi connectivity index (χ2n) is 4.57. The number of esters is 1. The van der Waals surface area contributed by atoms with Crippen molar-refractivity contribution in [2.24, 2.45) is 0 Å². The van der Waals surface area contributed by atoms with Crippen molar-refractivity contribution in [3.05, 3.63) is 60.2 Å². The molecule has 110 valence electrons. The molecule has 1 unspecified atom stereocenters. The van der Waals surface area contributed by atoms with Crippen molar-refractivity contribution < 1.29 is 14.3 Å². The van der Waals surface area contributed by atoms with E-state index in [4.69, 9.17) is 9.47 Å². The van der Waals surface area contributed by atoms with Crippen LogP contribution in [0.4, 0.5) is 5.69 Å². The third-order valence-corrected chi connectivity index (χ3v) is 3.29. The van der Waals surface area contributed by atoms with E-state index in [1.807, 2.05) is 54.6 Å². The summed E-state index contributed by atoms with van der Waals surface area (Å²) >= 11 is 0. The van der Waals surface area contributed by atoms with Crippen LogP contribution in [0.1, 0.15) is 11.5 Å². The number of carbonyl (C=O) groups is 1. The minimum Gasteiger partial charge on any atom is -0.495 e. The molecule has 0 aliphatic rings. The summed E-state index contributed by atoms with van der Waals surface area (Å²) < 4.78 is 10.2. The fraction of sp³-hybridized carbons (Fsp3) is 0.235. The lowest BCUT2D eigenvalue weighted by Crippen LogP contribution is -2.22. The topological polar surface area (TPSA) is 47.6 Å². The summed E-state index contributed by atoms with van der Waals surface area (Å²) in [6, 6.07) is 17.2. The van der Waals surface area contributed by atoms with Crippen LogP contribution in [-0.2, 0) is 9.53 Å². The zero-order valence-electron chi connectivity index (χ0n) is 12.2. The van der Waals surface area contributed by atoms with Crippen molar-refractivity contribution in [1.29, 1.82) is 0 Å². The number of hydrogen-bond acceptors (Lipinski definition) is 4. The van der Waals surface area contributed by atoms with E-state index in [9.17, 15) is 4.79 Å². The van der Waals surface area contributed by atoms with Gasteiger partial charge in [0.25, 0.3) is 0 Å². The minimum absolute atomic E-state index is 0.261. The number of rotatable bonds is 6. The highest BCUT2D eigenvalue weighted by atomic mass is 16.5. The van der Waals surface area contributed by atoms with Gasteiger partial charge in [-0.25, -0.2) is 0 Å². The first-order chi connectivity index (χ1) is 10.3. The van der Waals surface area contributed by atoms with Crippen molar-refractivity contribution >= 4 is 11.7 Å². The minimum atomic E-state index is -0.360. The molecular weight excluding hydrogens is 266 g/mol. The summed E-state index contributed by atoms with van der Waals surface area (Å²) in [6.07, 6.45) is 0. The van der Waals surface area contributed by atoms with Crippen LogP contribution >= 0.6 is 0 Å². The maximum Gasteiger partial charge on any atom is 0.314 e. The van der Waals surface area contributed by atoms with Crippen molar-refractivity contribution in [3.63, 3.8) is 0 Å². The van der Waals surface area contributed by atoms with Gasteiger partial charge in [-0.2, -0.15) is 0 Å². The first-order valence-corrected chi connectivity index (χ1v) is 6.76. The Hall–Kier alpha value is -2.49. The second-order valence-corrected chi connectivity index (χ2v) is 4.57. The molecular formula is C17H19NO3. The molecule has 4 nitrogen and oxygen atoms in total. The molecule has 2 aromatic rings. The van der Waals surface area contributed by atoms with E-state index in [1.54, 1.807) is 7.11 Å². The quantitative estimate of drug-likeness (QED) is 0.829. The molecule has 0 heterocycles. The Kier molecular flexibility index (Phi) is 5.21. The smallest absolute Gasteiger partial charge is 0.314 e. The van der Waals surface area contributed by atoms with Gasteiger partial charge in [0.1, 0.15) is 5.75 Å². The van der Waals surface area contributed by atoms with Crippen molar-refractivity contribution in [3.8, 4) is 5.75 Å². The second kappa shape index (κ2) is 7.33. The zero-order valence-corrected chi connectivity index (χ0v) is 12.2. The summed E-state index contributed by atoms with van der Waals surface area (Å²) in [6.45, 7) is 0.442. The Labute approximate surface area is 124 Å². The van der Waals surface area contributed by atoms with Gasteiger partial charge >= 0.3 is 5.97 Å². The first-order valence-electron chi connectivity index (χ1n) is 6.76. The van der Waals surface area contributed by atoms with Gasteiger partial charge in [0.15, 0.2) is 0 Å². The Bertz CT molecular complexity index is 584. The lowest BCUT2D eigenvalue weighted by molar-refractivity contribution is -0.142. The maximum absolute atomic E-state index is 12.0. The van der Waals surface area contributed by atoms with Crippen molar-refractivity contribution in [2.45, 2.75) is 5.92 Å². The van der Waals surface area contributed by atoms with E-state index in [-0.39, 0.29) is 11.9 Å². The number of ether oxygens (including phenoxy) is 2. The van der Waals surface area contributed by atoms with Gasteiger partial charge in [0.2, 0.25) is 0 Å². The predicted molar refractivity (Wildman–Crippen MR) is 82.7 cm³/mol. The molecule has 0 saturated carbocycles. The van der Waals surface area contributed by atoms with Crippen molar-refractivity contribution in [1.82, 2.24) is 0 Å². The summed E-state index contributed by atoms with van der Waals surface area (Å²) in [4.78, 5) is 12.0. The predicted octanol–water partition coefficient (Wildman–Crippen LogP) is 3.06. The molecule has 2 aromatic carbocycles. The van der Waals surface area contributed by atoms with E-state index >= 15 is 0 Å². The number of carbonyl (C=O) groups excluding carboxylic acids is 1. The van der Waals surface area contributed by atoms with Crippen LogP contribution in [-0.4, -0.2) is 26.7 Å². The average molecular weight is 285 g/mol. The molecule has 0 spiro atoms. The van der Waals surface area contributed by atoms with Gasteiger partial charge in [0.05, 0.1) is 25.8 Å². The number of hydrogen-bond donors (Lipinski definition) is 1. The highest BCUT2D eigenvalue weighted by Gasteiger charge is 2.21. The maximum atomic E-state index is 12.0. The van der Waals surface area contributed by atoms with Crippen LogP contribution in [0.25, 0.3) is 0 Å². The summed E-state index contributed by atoms with van der Waals surface area (Å²) in [7, 11) is 3.02. The highest BCUT2D eigenvalue weighted by molar-refractivity contribution is 5.79. The zero-order chi connectivity index (χ0) is 15.1. The SMILES string of the molecule is COC(=O)C(CNc1ccccc1OC)c1ccccc1. The molecule has 1 atom stereocenters. The van der Waals surface area contributed by atoms with Crippen LogP contribution in [0, 0.1) is 0 Å². The fourth-order valence-corrected chi connectivity index (χ4v) is 2.17. The normalized spacial score (nSPS) is 11.5. The Morgan fingerprint density at radius 2 is 1.71 bits per heavy atom. The Balaban J connectivity index is 2.15. The molecule has 0 aliphatic heterocycles. The molecule has 0 radical (unpaired) electrons. The molecule has 0 fully saturated rings. The molecule has 4 heteroatoms. The van der Waals surface area contributed by atoms with Gasteiger partial charge < -0.3 is 14.8 Å². The third-order valence-electron chi connectivity index (χ3n) is 3.29. The summed E-state index contributed by atoms with van der Waals surface area (Å²) in [5.74, 6) is 0.124. The monoisotopic (exact) mass is 285 g/mol. The van der Waals surface area contributed by atoms with Crippen LogP contribution in [0.15, 0.2) is 54.6 Å². The Morgan fingerprint density at radius 3 is 2.38 bits per heavy atom. The van der Waals surface area contributed by atoms with Crippen LogP contribution in [0.2, 0.25) is 0 Å². The molecule has 0 amide bonds. The molecule has 0 bridgehead atoms. The summed E-state index contributed by atoms with van der Waals surface area (Å²) in [5.41, 5.74) is 1.77. The molecule has 1 N–H and O–H groups in total. The van der Waals surface area contributed by atoms with E-state index in [1.165, 1.54) is 7.11 Å². The van der Waals surface area contributed by atoms with Gasteiger partial charge in [-0.3, -0.25) is 4.79 Å². The molecule has 2 rings (SSSR count). The first kappa shape index (κ1) is 14.9. The van der Waals surface area contributed by atoms with Gasteiger partial charge in [-0.05, 0) is 17.7 Å². The van der Waals surface area contributed by atoms with Gasteiger partial charge in [0, 0.05) is 6.54 Å². The largest absolute Gasteiger partial charge is 0.495 e. The Morgan fingerprint density at radius 1 is 1.05 bits per heavy atom. The standard InChI is InChI=1S/C17H19NO3/c1-20-16-11-7-6-10-15(16)18-12-14(17(19)21-2)13-8-4-3-5-9-13/h3-11,14,18H,12H2,1-2H3. The molecule has 21 heavy (non-hydrogen) atoms. The van der Waals surface area contributed by atoms with E-state index in [2.05, 4.69) is 5.32 Å². The van der Waals surface area contributed by atoms with Gasteiger partial charge in [-0.15, -0.1) is 0 Å². The lowest BCUT2D eigenvalue weighted by Gasteiger charge is -2.17. The molecule has 0 aromatic heterocycles. The van der Waals surface area contributed by atoms with Crippen molar-refractivity contribution in [2.75, 3.05) is 26.1 Å². The number of methoxy groups -OCH3 is 2. The van der Waals surface area contributed by atoms with E-state index in [0.717, 1.165) is 17.0 Å². The van der Waals surface area contributed by atoms with Crippen LogP contribution in [0.5, 0.6) is 5.75 Å². The number of nitrogens with one attached hydrogen (secondary N) is 1. The molecule has 0 aliphatic carbocycles. The van der Waals surface area contributed by atoms with E-state index in [0.29, 0.717) is 6.54 Å². The average Bonchev–Trinajstić information content (AvgIpc) is 2.56. The van der Waals surface area contributed by atoms with Crippen LogP contribution < -0.4 is 10.1 Å². The molecule has 0 saturated heterocycles. The van der Waals surface area contributed by atoms with Gasteiger partial charge in [-0.1, -0.05) is 42.5 Å². The highest BCUT2D eigenvalue weighted by Crippen LogP contribution is 2.25. The fourth-order valence-electron chi connectivity index (χ4n) is 2.17. The third kappa shape index (κ3) is 3.75. The van der Waals surface area contributed by atoms with Crippen LogP contribution in [0.3, 0.4) is 0 Å².